The maximum absolute atomic E-state index is 12.3. The van der Waals surface area contributed by atoms with Crippen LogP contribution in [0.1, 0.15) is 12.3 Å². The van der Waals surface area contributed by atoms with E-state index in [4.69, 9.17) is 18.6 Å². The molecule has 2 heterocycles. The summed E-state index contributed by atoms with van der Waals surface area (Å²) >= 11 is 1.52. The minimum Gasteiger partial charge on any atom is -0.493 e. The van der Waals surface area contributed by atoms with Crippen LogP contribution in [0, 0.1) is 0 Å². The molecule has 1 aromatic carbocycles. The zero-order valence-corrected chi connectivity index (χ0v) is 16.0. The third-order valence-corrected chi connectivity index (χ3v) is 4.57. The number of aryl methyl sites for hydroxylation is 1. The van der Waals surface area contributed by atoms with Crippen molar-refractivity contribution < 1.29 is 23.4 Å². The van der Waals surface area contributed by atoms with Crippen molar-refractivity contribution in [3.05, 3.63) is 35.5 Å². The molecule has 9 heteroatoms. The molecule has 0 atom stereocenters. The van der Waals surface area contributed by atoms with Crippen LogP contribution in [-0.4, -0.2) is 37.4 Å². The van der Waals surface area contributed by atoms with Crippen LogP contribution < -0.4 is 19.5 Å². The molecule has 0 saturated carbocycles. The number of benzene rings is 1. The Hall–Kier alpha value is -3.07. The number of thiophene rings is 1. The van der Waals surface area contributed by atoms with Crippen LogP contribution in [0.3, 0.4) is 0 Å². The maximum atomic E-state index is 12.3. The predicted molar refractivity (Wildman–Crippen MR) is 101 cm³/mol. The number of carbonyl (C=O) groups is 1. The first-order chi connectivity index (χ1) is 13.1. The summed E-state index contributed by atoms with van der Waals surface area (Å²) in [6.45, 7) is 0. The number of aromatic nitrogens is 2. The van der Waals surface area contributed by atoms with Crippen LogP contribution in [0.4, 0.5) is 5.69 Å². The van der Waals surface area contributed by atoms with Crippen LogP contribution in [0.15, 0.2) is 34.1 Å². The van der Waals surface area contributed by atoms with E-state index in [1.54, 1.807) is 12.1 Å². The van der Waals surface area contributed by atoms with Gasteiger partial charge in [-0.15, -0.1) is 21.5 Å². The first kappa shape index (κ1) is 18.7. The van der Waals surface area contributed by atoms with E-state index in [1.807, 2.05) is 17.5 Å². The Kier molecular flexibility index (Phi) is 5.92. The number of methoxy groups -OCH3 is 3. The summed E-state index contributed by atoms with van der Waals surface area (Å²) in [5.41, 5.74) is 0.541. The number of amides is 1. The molecule has 1 amide bonds. The van der Waals surface area contributed by atoms with Gasteiger partial charge in [-0.25, -0.2) is 0 Å². The summed E-state index contributed by atoms with van der Waals surface area (Å²) in [6, 6.07) is 7.15. The van der Waals surface area contributed by atoms with Crippen LogP contribution >= 0.6 is 11.3 Å². The molecule has 27 heavy (non-hydrogen) atoms. The quantitative estimate of drug-likeness (QED) is 0.631. The van der Waals surface area contributed by atoms with E-state index in [9.17, 15) is 4.79 Å². The Bertz CT molecular complexity index is 883. The minimum atomic E-state index is -0.194. The van der Waals surface area contributed by atoms with Crippen molar-refractivity contribution in [1.82, 2.24) is 10.2 Å². The molecule has 2 aromatic heterocycles. The van der Waals surface area contributed by atoms with Gasteiger partial charge in [0.2, 0.25) is 17.5 Å². The van der Waals surface area contributed by atoms with Gasteiger partial charge in [0.15, 0.2) is 11.5 Å². The zero-order valence-electron chi connectivity index (χ0n) is 15.1. The van der Waals surface area contributed by atoms with Gasteiger partial charge < -0.3 is 23.9 Å². The monoisotopic (exact) mass is 389 g/mol. The highest BCUT2D eigenvalue weighted by atomic mass is 32.1. The lowest BCUT2D eigenvalue weighted by Crippen LogP contribution is -2.12. The summed E-state index contributed by atoms with van der Waals surface area (Å²) in [7, 11) is 4.56. The average molecular weight is 389 g/mol. The second-order valence-corrected chi connectivity index (χ2v) is 6.39. The molecule has 0 unspecified atom stereocenters. The number of nitrogens with zero attached hydrogens (tertiary/aromatic N) is 2. The van der Waals surface area contributed by atoms with E-state index in [0.717, 1.165) is 4.88 Å². The second-order valence-electron chi connectivity index (χ2n) is 5.44. The Morgan fingerprint density at radius 1 is 1.15 bits per heavy atom. The van der Waals surface area contributed by atoms with Crippen molar-refractivity contribution in [2.45, 2.75) is 12.8 Å². The fourth-order valence-corrected chi connectivity index (χ4v) is 3.10. The summed E-state index contributed by atoms with van der Waals surface area (Å²) < 4.78 is 21.4. The third kappa shape index (κ3) is 4.37. The molecule has 8 nitrogen and oxygen atoms in total. The Balaban J connectivity index is 1.62. The average Bonchev–Trinajstić information content (AvgIpc) is 3.37. The van der Waals surface area contributed by atoms with Crippen molar-refractivity contribution in [2.75, 3.05) is 26.6 Å². The summed E-state index contributed by atoms with van der Waals surface area (Å²) in [4.78, 5) is 13.2. The van der Waals surface area contributed by atoms with Gasteiger partial charge in [-0.1, -0.05) is 6.07 Å². The predicted octanol–water partition coefficient (Wildman–Crippen LogP) is 3.40. The lowest BCUT2D eigenvalue weighted by molar-refractivity contribution is -0.116. The molecular formula is C18H19N3O5S. The molecule has 142 valence electrons. The lowest BCUT2D eigenvalue weighted by atomic mass is 10.2. The Morgan fingerprint density at radius 2 is 1.89 bits per heavy atom. The van der Waals surface area contributed by atoms with Gasteiger partial charge in [-0.05, 0) is 11.4 Å². The highest BCUT2D eigenvalue weighted by molar-refractivity contribution is 7.13. The van der Waals surface area contributed by atoms with Gasteiger partial charge in [0.25, 0.3) is 5.89 Å². The number of hydrogen-bond acceptors (Lipinski definition) is 8. The van der Waals surface area contributed by atoms with Crippen molar-refractivity contribution >= 4 is 22.9 Å². The fourth-order valence-electron chi connectivity index (χ4n) is 2.45. The smallest absolute Gasteiger partial charge is 0.257 e. The molecule has 0 aliphatic rings. The minimum absolute atomic E-state index is 0.194. The van der Waals surface area contributed by atoms with E-state index in [1.165, 1.54) is 32.7 Å². The molecule has 0 aliphatic heterocycles. The van der Waals surface area contributed by atoms with Crippen molar-refractivity contribution in [3.63, 3.8) is 0 Å². The topological polar surface area (TPSA) is 95.7 Å². The highest BCUT2D eigenvalue weighted by Crippen LogP contribution is 2.39. The molecule has 3 rings (SSSR count). The first-order valence-corrected chi connectivity index (χ1v) is 8.98. The molecule has 0 fully saturated rings. The van der Waals surface area contributed by atoms with E-state index in [-0.39, 0.29) is 12.3 Å². The van der Waals surface area contributed by atoms with Gasteiger partial charge in [0.1, 0.15) is 0 Å². The number of anilines is 1. The van der Waals surface area contributed by atoms with Crippen molar-refractivity contribution in [2.24, 2.45) is 0 Å². The lowest BCUT2D eigenvalue weighted by Gasteiger charge is -2.14. The van der Waals surface area contributed by atoms with E-state index in [2.05, 4.69) is 15.5 Å². The van der Waals surface area contributed by atoms with Gasteiger partial charge in [-0.2, -0.15) is 0 Å². The second kappa shape index (κ2) is 8.54. The molecule has 0 spiro atoms. The molecule has 0 radical (unpaired) electrons. The maximum Gasteiger partial charge on any atom is 0.257 e. The summed E-state index contributed by atoms with van der Waals surface area (Å²) in [6.07, 6.45) is 0.539. The van der Waals surface area contributed by atoms with E-state index in [0.29, 0.717) is 41.1 Å². The summed E-state index contributed by atoms with van der Waals surface area (Å²) in [5.74, 6) is 2.07. The molecule has 0 aliphatic carbocycles. The highest BCUT2D eigenvalue weighted by Gasteiger charge is 2.15. The van der Waals surface area contributed by atoms with Crippen molar-refractivity contribution in [3.8, 4) is 28.0 Å². The van der Waals surface area contributed by atoms with Crippen LogP contribution in [-0.2, 0) is 11.2 Å². The third-order valence-electron chi connectivity index (χ3n) is 3.71. The van der Waals surface area contributed by atoms with E-state index >= 15 is 0 Å². The largest absolute Gasteiger partial charge is 0.493 e. The number of hydrogen-bond donors (Lipinski definition) is 1. The first-order valence-electron chi connectivity index (χ1n) is 8.10. The van der Waals surface area contributed by atoms with Crippen molar-refractivity contribution in [1.29, 1.82) is 0 Å². The van der Waals surface area contributed by atoms with Gasteiger partial charge >= 0.3 is 0 Å². The number of ether oxygens (including phenoxy) is 3. The van der Waals surface area contributed by atoms with Crippen LogP contribution in [0.2, 0.25) is 0 Å². The number of nitrogens with one attached hydrogen (secondary N) is 1. The Labute approximate surface area is 160 Å². The van der Waals surface area contributed by atoms with Crippen LogP contribution in [0.25, 0.3) is 10.8 Å². The van der Waals surface area contributed by atoms with Gasteiger partial charge in [0.05, 0.1) is 26.2 Å². The van der Waals surface area contributed by atoms with E-state index < -0.39 is 0 Å². The van der Waals surface area contributed by atoms with Crippen LogP contribution in [0.5, 0.6) is 17.2 Å². The molecule has 3 aromatic rings. The van der Waals surface area contributed by atoms with Gasteiger partial charge in [-0.3, -0.25) is 4.79 Å². The standard InChI is InChI=1S/C18H19N3O5S/c1-23-12-9-11(10-13(24-2)17(12)25-3)19-15(22)6-7-16-20-21-18(26-16)14-5-4-8-27-14/h4-5,8-10H,6-7H2,1-3H3,(H,19,22). The number of rotatable bonds is 8. The Morgan fingerprint density at radius 3 is 2.48 bits per heavy atom. The fraction of sp³-hybridized carbons (Fsp3) is 0.278. The molecular weight excluding hydrogens is 370 g/mol. The summed E-state index contributed by atoms with van der Waals surface area (Å²) in [5, 5.41) is 12.7. The SMILES string of the molecule is COc1cc(NC(=O)CCc2nnc(-c3cccs3)o2)cc(OC)c1OC. The normalized spacial score (nSPS) is 10.5. The molecule has 1 N–H and O–H groups in total. The molecule has 0 bridgehead atoms. The number of carbonyl (C=O) groups excluding carboxylic acids is 1. The molecule has 0 saturated heterocycles. The zero-order chi connectivity index (χ0) is 19.2. The van der Waals surface area contributed by atoms with Gasteiger partial charge in [0, 0.05) is 30.7 Å².